The predicted molar refractivity (Wildman–Crippen MR) is 52.4 cm³/mol. The molecule has 1 N–H and O–H groups in total. The summed E-state index contributed by atoms with van der Waals surface area (Å²) < 4.78 is 5.45. The number of rotatable bonds is 1. The van der Waals surface area contributed by atoms with Crippen LogP contribution in [0.15, 0.2) is 24.3 Å². The fraction of sp³-hybridized carbons (Fsp3) is 0.200. The van der Waals surface area contributed by atoms with Gasteiger partial charge in [0.05, 0.1) is 6.61 Å². The molecule has 0 bridgehead atoms. The molecule has 0 spiro atoms. The highest BCUT2D eigenvalue weighted by Gasteiger charge is 2.14. The molecule has 0 aliphatic carbocycles. The number of hydrogen-bond donors (Lipinski definition) is 1. The van der Waals surface area contributed by atoms with Gasteiger partial charge >= 0.3 is 0 Å². The topological polar surface area (TPSA) is 29.5 Å². The van der Waals surface area contributed by atoms with Gasteiger partial charge in [-0.05, 0) is 6.08 Å². The van der Waals surface area contributed by atoms with E-state index < -0.39 is 0 Å². The Labute approximate surface area is 78.3 Å². The van der Waals surface area contributed by atoms with Gasteiger partial charge in [-0.15, -0.1) is 0 Å². The second kappa shape index (κ2) is 3.26. The van der Waals surface area contributed by atoms with Crippen LogP contribution < -0.4 is 10.2 Å². The molecule has 64 valence electrons. The van der Waals surface area contributed by atoms with Crippen LogP contribution in [-0.4, -0.2) is 25.7 Å². The fourth-order valence-corrected chi connectivity index (χ4v) is 1.34. The second-order valence-electron chi connectivity index (χ2n) is 2.96. The van der Waals surface area contributed by atoms with Crippen LogP contribution in [0.1, 0.15) is 5.56 Å². The van der Waals surface area contributed by atoms with E-state index in [1.165, 1.54) is 0 Å². The molecule has 1 atom stereocenters. The van der Waals surface area contributed by atoms with Gasteiger partial charge in [0.1, 0.15) is 19.7 Å². The van der Waals surface area contributed by atoms with E-state index in [1.54, 1.807) is 6.07 Å². The van der Waals surface area contributed by atoms with E-state index in [-0.39, 0.29) is 12.7 Å². The van der Waals surface area contributed by atoms with E-state index in [1.807, 2.05) is 24.3 Å². The molecule has 3 heteroatoms. The molecule has 0 saturated heterocycles. The molecule has 2 nitrogen and oxygen atoms in total. The molecule has 0 fully saturated rings. The van der Waals surface area contributed by atoms with Crippen molar-refractivity contribution in [1.82, 2.24) is 0 Å². The molecule has 1 aliphatic rings. The Balaban J connectivity index is 2.41. The molecule has 0 saturated carbocycles. The molecule has 0 amide bonds. The number of para-hydroxylation sites is 1. The molecular weight excluding hydrogens is 163 g/mol. The minimum Gasteiger partial charge on any atom is -0.484 e. The lowest BCUT2D eigenvalue weighted by molar-refractivity contribution is 0.149. The molecule has 1 aromatic carbocycles. The van der Waals surface area contributed by atoms with Gasteiger partial charge in [-0.2, -0.15) is 0 Å². The van der Waals surface area contributed by atoms with Crippen LogP contribution in [0.3, 0.4) is 0 Å². The summed E-state index contributed by atoms with van der Waals surface area (Å²) >= 11 is 0. The second-order valence-corrected chi connectivity index (χ2v) is 2.96. The number of fused-ring (bicyclic) bond motifs is 1. The smallest absolute Gasteiger partial charge is 0.140 e. The third-order valence-corrected chi connectivity index (χ3v) is 2.02. The zero-order valence-corrected chi connectivity index (χ0v) is 7.10. The first kappa shape index (κ1) is 8.39. The lowest BCUT2D eigenvalue weighted by atomic mass is 9.91. The zero-order valence-electron chi connectivity index (χ0n) is 7.10. The Bertz CT molecular complexity index is 347. The number of benzene rings is 1. The normalized spacial score (nSPS) is 19.3. The van der Waals surface area contributed by atoms with Crippen molar-refractivity contribution in [2.45, 2.75) is 6.10 Å². The van der Waals surface area contributed by atoms with Gasteiger partial charge in [0, 0.05) is 5.56 Å². The van der Waals surface area contributed by atoms with E-state index in [9.17, 15) is 0 Å². The van der Waals surface area contributed by atoms with Gasteiger partial charge in [0.25, 0.3) is 0 Å². The summed E-state index contributed by atoms with van der Waals surface area (Å²) in [6.07, 6.45) is 3.47. The van der Waals surface area contributed by atoms with E-state index >= 15 is 0 Å². The summed E-state index contributed by atoms with van der Waals surface area (Å²) in [5.74, 6) is 0.670. The fourth-order valence-electron chi connectivity index (χ4n) is 1.34. The van der Waals surface area contributed by atoms with Crippen LogP contribution in [-0.2, 0) is 0 Å². The molecule has 1 unspecified atom stereocenters. The lowest BCUT2D eigenvalue weighted by Crippen LogP contribution is -2.24. The number of aliphatic hydroxyl groups excluding tert-OH is 1. The summed E-state index contributed by atoms with van der Waals surface area (Å²) in [5.41, 5.74) is 1.57. The SMILES string of the molecule is [B]c1cccc2c1OC(CO)C=C2. The first-order valence-corrected chi connectivity index (χ1v) is 4.15. The molecule has 0 aromatic heterocycles. The minimum absolute atomic E-state index is 0.0235. The van der Waals surface area contributed by atoms with Gasteiger partial charge in [-0.1, -0.05) is 29.7 Å². The molecule has 1 aromatic rings. The van der Waals surface area contributed by atoms with E-state index in [2.05, 4.69) is 0 Å². The average molecular weight is 172 g/mol. The van der Waals surface area contributed by atoms with Crippen molar-refractivity contribution >= 4 is 19.4 Å². The Morgan fingerprint density at radius 2 is 2.31 bits per heavy atom. The molecule has 13 heavy (non-hydrogen) atoms. The Kier molecular flexibility index (Phi) is 2.11. The maximum atomic E-state index is 8.89. The van der Waals surface area contributed by atoms with Crippen molar-refractivity contribution in [1.29, 1.82) is 0 Å². The number of ether oxygens (including phenoxy) is 1. The first-order chi connectivity index (χ1) is 6.31. The molecule has 1 heterocycles. The maximum absolute atomic E-state index is 8.89. The van der Waals surface area contributed by atoms with E-state index in [4.69, 9.17) is 17.7 Å². The van der Waals surface area contributed by atoms with Gasteiger partial charge < -0.3 is 9.84 Å². The monoisotopic (exact) mass is 172 g/mol. The Hall–Kier alpha value is -1.22. The Morgan fingerprint density at radius 1 is 1.46 bits per heavy atom. The van der Waals surface area contributed by atoms with Crippen molar-refractivity contribution in [2.75, 3.05) is 6.61 Å². The van der Waals surface area contributed by atoms with Gasteiger partial charge in [0.15, 0.2) is 0 Å². The molecular formula is C10H9BO2. The summed E-state index contributed by atoms with van der Waals surface area (Å²) in [4.78, 5) is 0. The molecule has 1 aliphatic heterocycles. The van der Waals surface area contributed by atoms with E-state index in [0.29, 0.717) is 11.2 Å². The molecule has 2 radical (unpaired) electrons. The first-order valence-electron chi connectivity index (χ1n) is 4.15. The van der Waals surface area contributed by atoms with Crippen molar-refractivity contribution in [3.05, 3.63) is 29.8 Å². The summed E-state index contributed by atoms with van der Waals surface area (Å²) in [7, 11) is 5.72. The van der Waals surface area contributed by atoms with Crippen LogP contribution in [0.25, 0.3) is 6.08 Å². The van der Waals surface area contributed by atoms with Crippen molar-refractivity contribution in [2.24, 2.45) is 0 Å². The standard InChI is InChI=1S/C10H9BO2/c11-9-3-1-2-7-4-5-8(6-12)13-10(7)9/h1-5,8,12H,6H2. The van der Waals surface area contributed by atoms with Crippen LogP contribution in [0.5, 0.6) is 5.75 Å². The highest BCUT2D eigenvalue weighted by molar-refractivity contribution is 6.34. The zero-order chi connectivity index (χ0) is 9.26. The van der Waals surface area contributed by atoms with Crippen molar-refractivity contribution < 1.29 is 9.84 Å². The van der Waals surface area contributed by atoms with Crippen LogP contribution in [0, 0.1) is 0 Å². The molecule has 2 rings (SSSR count). The average Bonchev–Trinajstić information content (AvgIpc) is 2.18. The van der Waals surface area contributed by atoms with Gasteiger partial charge in [0.2, 0.25) is 0 Å². The van der Waals surface area contributed by atoms with Crippen molar-refractivity contribution in [3.8, 4) is 5.75 Å². The van der Waals surface area contributed by atoms with Crippen molar-refractivity contribution in [3.63, 3.8) is 0 Å². The highest BCUT2D eigenvalue weighted by atomic mass is 16.5. The highest BCUT2D eigenvalue weighted by Crippen LogP contribution is 2.22. The quantitative estimate of drug-likeness (QED) is 0.615. The van der Waals surface area contributed by atoms with Crippen LogP contribution in [0.2, 0.25) is 0 Å². The van der Waals surface area contributed by atoms with Gasteiger partial charge in [-0.3, -0.25) is 0 Å². The Morgan fingerprint density at radius 3 is 3.08 bits per heavy atom. The third-order valence-electron chi connectivity index (χ3n) is 2.02. The van der Waals surface area contributed by atoms with Gasteiger partial charge in [-0.25, -0.2) is 0 Å². The summed E-state index contributed by atoms with van der Waals surface area (Å²) in [5, 5.41) is 8.89. The van der Waals surface area contributed by atoms with Crippen LogP contribution >= 0.6 is 0 Å². The lowest BCUT2D eigenvalue weighted by Gasteiger charge is -2.21. The van der Waals surface area contributed by atoms with E-state index in [0.717, 1.165) is 5.56 Å². The largest absolute Gasteiger partial charge is 0.484 e. The number of aliphatic hydroxyl groups is 1. The summed E-state index contributed by atoms with van der Waals surface area (Å²) in [6, 6.07) is 5.59. The minimum atomic E-state index is -0.266. The predicted octanol–water partition coefficient (Wildman–Crippen LogP) is 0.247. The van der Waals surface area contributed by atoms with Crippen LogP contribution in [0.4, 0.5) is 0 Å². The number of hydrogen-bond acceptors (Lipinski definition) is 2. The maximum Gasteiger partial charge on any atom is 0.140 e. The summed E-state index contributed by atoms with van der Waals surface area (Å²) in [6.45, 7) is -0.0235. The third kappa shape index (κ3) is 1.47.